The lowest BCUT2D eigenvalue weighted by atomic mass is 9.90. The van der Waals surface area contributed by atoms with Crippen LogP contribution in [0.4, 0.5) is 5.69 Å². The van der Waals surface area contributed by atoms with Crippen LogP contribution >= 0.6 is 0 Å². The van der Waals surface area contributed by atoms with Gasteiger partial charge in [0.1, 0.15) is 0 Å². The summed E-state index contributed by atoms with van der Waals surface area (Å²) in [4.78, 5) is 11.7. The van der Waals surface area contributed by atoms with Crippen molar-refractivity contribution in [2.24, 2.45) is 0 Å². The number of para-hydroxylation sites is 1. The standard InChI is InChI=1S/C15H22N2O2/c1-11(5-4-8-18)16-10-12-9-15(19)17-14-7-3-2-6-13(12)14/h2-3,6-7,11-12,16,18H,4-5,8-10H2,1H3,(H,17,19)/t11-,12+/m1/s1. The van der Waals surface area contributed by atoms with Gasteiger partial charge in [-0.05, 0) is 31.4 Å². The first kappa shape index (κ1) is 14.0. The van der Waals surface area contributed by atoms with Gasteiger partial charge in [-0.15, -0.1) is 0 Å². The monoisotopic (exact) mass is 262 g/mol. The van der Waals surface area contributed by atoms with E-state index in [2.05, 4.69) is 23.6 Å². The highest BCUT2D eigenvalue weighted by Gasteiger charge is 2.24. The largest absolute Gasteiger partial charge is 0.396 e. The summed E-state index contributed by atoms with van der Waals surface area (Å²) in [6.07, 6.45) is 2.31. The Bertz CT molecular complexity index is 434. The molecule has 0 spiro atoms. The molecule has 0 aromatic heterocycles. The van der Waals surface area contributed by atoms with Gasteiger partial charge in [0.2, 0.25) is 5.91 Å². The number of carbonyl (C=O) groups is 1. The molecule has 1 aliphatic heterocycles. The van der Waals surface area contributed by atoms with E-state index < -0.39 is 0 Å². The molecule has 0 saturated heterocycles. The summed E-state index contributed by atoms with van der Waals surface area (Å²) in [6.45, 7) is 3.15. The molecule has 104 valence electrons. The fraction of sp³-hybridized carbons (Fsp3) is 0.533. The van der Waals surface area contributed by atoms with E-state index in [0.717, 1.165) is 25.1 Å². The Morgan fingerprint density at radius 3 is 3.05 bits per heavy atom. The van der Waals surface area contributed by atoms with Crippen molar-refractivity contribution in [2.45, 2.75) is 38.1 Å². The summed E-state index contributed by atoms with van der Waals surface area (Å²) in [6, 6.07) is 8.36. The molecule has 0 bridgehead atoms. The van der Waals surface area contributed by atoms with Crippen molar-refractivity contribution < 1.29 is 9.90 Å². The lowest BCUT2D eigenvalue weighted by Gasteiger charge is -2.27. The third-order valence-electron chi connectivity index (χ3n) is 3.61. The van der Waals surface area contributed by atoms with E-state index >= 15 is 0 Å². The number of aliphatic hydroxyl groups excluding tert-OH is 1. The zero-order valence-corrected chi connectivity index (χ0v) is 11.4. The molecule has 0 fully saturated rings. The van der Waals surface area contributed by atoms with Crippen LogP contribution in [0.5, 0.6) is 0 Å². The van der Waals surface area contributed by atoms with Crippen LogP contribution in [0.15, 0.2) is 24.3 Å². The molecule has 2 atom stereocenters. The predicted molar refractivity (Wildman–Crippen MR) is 76.2 cm³/mol. The molecule has 1 aromatic rings. The Morgan fingerprint density at radius 1 is 1.47 bits per heavy atom. The van der Waals surface area contributed by atoms with E-state index in [0.29, 0.717) is 12.5 Å². The maximum absolute atomic E-state index is 11.7. The molecule has 0 unspecified atom stereocenters. The van der Waals surface area contributed by atoms with Crippen LogP contribution in [0.2, 0.25) is 0 Å². The van der Waals surface area contributed by atoms with Gasteiger partial charge in [0.05, 0.1) is 0 Å². The second-order valence-corrected chi connectivity index (χ2v) is 5.21. The molecule has 1 amide bonds. The number of rotatable bonds is 6. The first-order valence-electron chi connectivity index (χ1n) is 6.93. The number of nitrogens with one attached hydrogen (secondary N) is 2. The van der Waals surface area contributed by atoms with E-state index in [1.165, 1.54) is 5.56 Å². The molecule has 1 heterocycles. The highest BCUT2D eigenvalue weighted by atomic mass is 16.2. The van der Waals surface area contributed by atoms with Crippen molar-refractivity contribution in [1.29, 1.82) is 0 Å². The second-order valence-electron chi connectivity index (χ2n) is 5.21. The Labute approximate surface area is 114 Å². The number of anilines is 1. The summed E-state index contributed by atoms with van der Waals surface area (Å²) in [5.74, 6) is 0.329. The first-order chi connectivity index (χ1) is 9.20. The van der Waals surface area contributed by atoms with Crippen LogP contribution in [-0.2, 0) is 4.79 Å². The smallest absolute Gasteiger partial charge is 0.225 e. The first-order valence-corrected chi connectivity index (χ1v) is 6.93. The quantitative estimate of drug-likeness (QED) is 0.733. The third-order valence-corrected chi connectivity index (χ3v) is 3.61. The zero-order valence-electron chi connectivity index (χ0n) is 11.4. The molecule has 2 rings (SSSR count). The lowest BCUT2D eigenvalue weighted by molar-refractivity contribution is -0.116. The van der Waals surface area contributed by atoms with Crippen molar-refractivity contribution in [3.05, 3.63) is 29.8 Å². The van der Waals surface area contributed by atoms with Crippen molar-refractivity contribution in [1.82, 2.24) is 5.32 Å². The van der Waals surface area contributed by atoms with E-state index in [1.807, 2.05) is 18.2 Å². The summed E-state index contributed by atoms with van der Waals surface area (Å²) in [5.41, 5.74) is 2.15. The molecule has 19 heavy (non-hydrogen) atoms. The van der Waals surface area contributed by atoms with Gasteiger partial charge < -0.3 is 15.7 Å². The number of fused-ring (bicyclic) bond motifs is 1. The number of amides is 1. The average Bonchev–Trinajstić information content (AvgIpc) is 2.42. The Kier molecular flexibility index (Phi) is 4.93. The van der Waals surface area contributed by atoms with Gasteiger partial charge in [0, 0.05) is 37.2 Å². The van der Waals surface area contributed by atoms with Crippen molar-refractivity contribution in [3.8, 4) is 0 Å². The normalized spacial score (nSPS) is 19.7. The van der Waals surface area contributed by atoms with E-state index in [-0.39, 0.29) is 18.4 Å². The molecule has 4 heteroatoms. The van der Waals surface area contributed by atoms with Crippen LogP contribution < -0.4 is 10.6 Å². The van der Waals surface area contributed by atoms with Crippen LogP contribution in [0, 0.1) is 0 Å². The minimum Gasteiger partial charge on any atom is -0.396 e. The molecule has 0 aliphatic carbocycles. The van der Waals surface area contributed by atoms with Gasteiger partial charge in [-0.2, -0.15) is 0 Å². The number of hydrogen-bond acceptors (Lipinski definition) is 3. The van der Waals surface area contributed by atoms with Gasteiger partial charge >= 0.3 is 0 Å². The highest BCUT2D eigenvalue weighted by molar-refractivity contribution is 5.94. The van der Waals surface area contributed by atoms with Crippen LogP contribution in [0.3, 0.4) is 0 Å². The van der Waals surface area contributed by atoms with E-state index in [9.17, 15) is 4.79 Å². The number of aliphatic hydroxyl groups is 1. The predicted octanol–water partition coefficient (Wildman–Crippen LogP) is 1.86. The maximum Gasteiger partial charge on any atom is 0.225 e. The molecule has 3 N–H and O–H groups in total. The zero-order chi connectivity index (χ0) is 13.7. The summed E-state index contributed by atoms with van der Waals surface area (Å²) in [7, 11) is 0. The molecule has 1 aromatic carbocycles. The van der Waals surface area contributed by atoms with Gasteiger partial charge in [0.15, 0.2) is 0 Å². The van der Waals surface area contributed by atoms with E-state index in [1.54, 1.807) is 0 Å². The van der Waals surface area contributed by atoms with Gasteiger partial charge in [-0.1, -0.05) is 18.2 Å². The van der Waals surface area contributed by atoms with E-state index in [4.69, 9.17) is 5.11 Å². The van der Waals surface area contributed by atoms with Crippen LogP contribution in [0.1, 0.15) is 37.7 Å². The SMILES string of the molecule is C[C@H](CCCO)NC[C@@H]1CC(=O)Nc2ccccc21. The average molecular weight is 262 g/mol. The second kappa shape index (κ2) is 6.68. The van der Waals surface area contributed by atoms with Gasteiger partial charge in [0.25, 0.3) is 0 Å². The number of hydrogen-bond donors (Lipinski definition) is 3. The lowest BCUT2D eigenvalue weighted by Crippen LogP contribution is -2.34. The summed E-state index contributed by atoms with van der Waals surface area (Å²) in [5, 5.41) is 15.2. The summed E-state index contributed by atoms with van der Waals surface area (Å²) < 4.78 is 0. The molecule has 0 radical (unpaired) electrons. The minimum absolute atomic E-state index is 0.0912. The molecule has 4 nitrogen and oxygen atoms in total. The van der Waals surface area contributed by atoms with Crippen molar-refractivity contribution in [3.63, 3.8) is 0 Å². The van der Waals surface area contributed by atoms with Crippen molar-refractivity contribution >= 4 is 11.6 Å². The molecule has 0 saturated carbocycles. The van der Waals surface area contributed by atoms with Gasteiger partial charge in [-0.3, -0.25) is 4.79 Å². The fourth-order valence-corrected chi connectivity index (χ4v) is 2.53. The number of benzene rings is 1. The molecular formula is C15H22N2O2. The van der Waals surface area contributed by atoms with Gasteiger partial charge in [-0.25, -0.2) is 0 Å². The fourth-order valence-electron chi connectivity index (χ4n) is 2.53. The molecule has 1 aliphatic rings. The number of carbonyl (C=O) groups excluding carboxylic acids is 1. The Morgan fingerprint density at radius 2 is 2.26 bits per heavy atom. The third kappa shape index (κ3) is 3.78. The minimum atomic E-state index is 0.0912. The van der Waals surface area contributed by atoms with Crippen LogP contribution in [-0.4, -0.2) is 30.2 Å². The maximum atomic E-state index is 11.7. The topological polar surface area (TPSA) is 61.4 Å². The summed E-state index contributed by atoms with van der Waals surface area (Å²) >= 11 is 0. The highest BCUT2D eigenvalue weighted by Crippen LogP contribution is 2.31. The van der Waals surface area contributed by atoms with Crippen LogP contribution in [0.25, 0.3) is 0 Å². The Balaban J connectivity index is 1.95. The Hall–Kier alpha value is -1.39. The molecular weight excluding hydrogens is 240 g/mol. The van der Waals surface area contributed by atoms with Crippen molar-refractivity contribution in [2.75, 3.05) is 18.5 Å².